The van der Waals surface area contributed by atoms with Crippen molar-refractivity contribution in [1.82, 2.24) is 15.1 Å². The van der Waals surface area contributed by atoms with Gasteiger partial charge in [0.15, 0.2) is 5.96 Å². The number of carbonyl (C=O) groups is 1. The van der Waals surface area contributed by atoms with Crippen LogP contribution < -0.4 is 5.32 Å². The molecule has 0 atom stereocenters. The summed E-state index contributed by atoms with van der Waals surface area (Å²) in [6, 6.07) is 12.9. The number of likely N-dealkylation sites (tertiary alicyclic amines) is 1. The van der Waals surface area contributed by atoms with Crippen molar-refractivity contribution in [2.75, 3.05) is 33.2 Å². The second kappa shape index (κ2) is 11.9. The van der Waals surface area contributed by atoms with Crippen LogP contribution in [0.4, 0.5) is 0 Å². The maximum absolute atomic E-state index is 12.6. The molecule has 1 N–H and O–H groups in total. The molecule has 0 aliphatic carbocycles. The first-order chi connectivity index (χ1) is 14.7. The Morgan fingerprint density at radius 1 is 1.13 bits per heavy atom. The summed E-state index contributed by atoms with van der Waals surface area (Å²) in [4.78, 5) is 22.9. The lowest BCUT2D eigenvalue weighted by molar-refractivity contribution is -0.131. The average Bonchev–Trinajstić information content (AvgIpc) is 3.26. The van der Waals surface area contributed by atoms with Crippen molar-refractivity contribution < 1.29 is 4.79 Å². The van der Waals surface area contributed by atoms with Gasteiger partial charge in [0.05, 0.1) is 0 Å². The van der Waals surface area contributed by atoms with Crippen molar-refractivity contribution in [2.24, 2.45) is 10.9 Å². The minimum Gasteiger partial charge on any atom is -0.356 e. The van der Waals surface area contributed by atoms with E-state index in [1.807, 2.05) is 23.3 Å². The van der Waals surface area contributed by atoms with E-state index >= 15 is 0 Å². The Kier molecular flexibility index (Phi) is 9.19. The molecule has 0 radical (unpaired) electrons. The van der Waals surface area contributed by atoms with E-state index in [1.165, 1.54) is 28.8 Å². The molecule has 1 amide bonds. The largest absolute Gasteiger partial charge is 0.356 e. The van der Waals surface area contributed by atoms with Gasteiger partial charge in [0, 0.05) is 51.1 Å². The number of nitrogens with zero attached hydrogens (tertiary/aromatic N) is 3. The number of rotatable bonds is 5. The van der Waals surface area contributed by atoms with Crippen LogP contribution in [-0.2, 0) is 24.2 Å². The van der Waals surface area contributed by atoms with Crippen LogP contribution in [0.1, 0.15) is 35.3 Å². The third-order valence-corrected chi connectivity index (χ3v) is 7.30. The van der Waals surface area contributed by atoms with Crippen molar-refractivity contribution in [1.29, 1.82) is 0 Å². The highest BCUT2D eigenvalue weighted by Crippen LogP contribution is 2.24. The van der Waals surface area contributed by atoms with Crippen molar-refractivity contribution >= 4 is 47.2 Å². The molecule has 0 unspecified atom stereocenters. The van der Waals surface area contributed by atoms with E-state index in [0.29, 0.717) is 13.0 Å². The number of amides is 1. The number of fused-ring (bicyclic) bond motifs is 1. The standard InChI is InChI=1S/C24H32N4OS.HI/c1-25-24(27-13-8-20(9-14-27)17-19-5-3-2-4-6-19)26-12-7-23(29)28-15-10-22-21(18-28)11-16-30-22;/h2-6,11,16,20H,7-10,12-15,17-18H2,1H3,(H,25,26);1H. The molecule has 31 heavy (non-hydrogen) atoms. The summed E-state index contributed by atoms with van der Waals surface area (Å²) < 4.78 is 0. The fraction of sp³-hybridized carbons (Fsp3) is 0.500. The monoisotopic (exact) mass is 552 g/mol. The van der Waals surface area contributed by atoms with Crippen molar-refractivity contribution in [3.05, 3.63) is 57.8 Å². The Bertz CT molecular complexity index is 861. The zero-order valence-electron chi connectivity index (χ0n) is 18.3. The van der Waals surface area contributed by atoms with Gasteiger partial charge in [-0.2, -0.15) is 0 Å². The topological polar surface area (TPSA) is 47.9 Å². The Morgan fingerprint density at radius 2 is 1.90 bits per heavy atom. The molecule has 1 fully saturated rings. The number of thiophene rings is 1. The number of hydrogen-bond acceptors (Lipinski definition) is 3. The lowest BCUT2D eigenvalue weighted by Crippen LogP contribution is -2.46. The molecular formula is C24H33IN4OS. The summed E-state index contributed by atoms with van der Waals surface area (Å²) in [5.41, 5.74) is 2.76. The molecule has 2 aromatic rings. The van der Waals surface area contributed by atoms with E-state index < -0.39 is 0 Å². The minimum atomic E-state index is 0. The summed E-state index contributed by atoms with van der Waals surface area (Å²) in [5.74, 6) is 1.90. The normalized spacial score (nSPS) is 17.1. The van der Waals surface area contributed by atoms with E-state index in [2.05, 4.69) is 57.0 Å². The Labute approximate surface area is 206 Å². The van der Waals surface area contributed by atoms with Gasteiger partial charge >= 0.3 is 0 Å². The smallest absolute Gasteiger partial charge is 0.224 e. The number of halogens is 1. The summed E-state index contributed by atoms with van der Waals surface area (Å²) in [6.45, 7) is 4.30. The van der Waals surface area contributed by atoms with Crippen molar-refractivity contribution in [3.63, 3.8) is 0 Å². The maximum atomic E-state index is 12.6. The average molecular weight is 553 g/mol. The predicted molar refractivity (Wildman–Crippen MR) is 139 cm³/mol. The summed E-state index contributed by atoms with van der Waals surface area (Å²) in [5, 5.41) is 5.55. The number of aliphatic imine (C=N–C) groups is 1. The van der Waals surface area contributed by atoms with Gasteiger partial charge in [-0.15, -0.1) is 35.3 Å². The highest BCUT2D eigenvalue weighted by molar-refractivity contribution is 14.0. The van der Waals surface area contributed by atoms with Crippen LogP contribution in [0.2, 0.25) is 0 Å². The number of carbonyl (C=O) groups excluding carboxylic acids is 1. The molecule has 1 saturated heterocycles. The third-order valence-electron chi connectivity index (χ3n) is 6.28. The van der Waals surface area contributed by atoms with Gasteiger partial charge in [0.1, 0.15) is 0 Å². The second-order valence-corrected chi connectivity index (χ2v) is 9.28. The van der Waals surface area contributed by atoms with Gasteiger partial charge in [-0.1, -0.05) is 30.3 Å². The first-order valence-electron chi connectivity index (χ1n) is 11.1. The Morgan fingerprint density at radius 3 is 2.65 bits per heavy atom. The maximum Gasteiger partial charge on any atom is 0.224 e. The molecule has 0 saturated carbocycles. The molecule has 3 heterocycles. The van der Waals surface area contributed by atoms with Gasteiger partial charge in [-0.25, -0.2) is 0 Å². The van der Waals surface area contributed by atoms with E-state index in [4.69, 9.17) is 0 Å². The molecular weight excluding hydrogens is 519 g/mol. The van der Waals surface area contributed by atoms with Crippen LogP contribution in [0.5, 0.6) is 0 Å². The van der Waals surface area contributed by atoms with Gasteiger partial charge in [-0.3, -0.25) is 9.79 Å². The molecule has 7 heteroatoms. The van der Waals surface area contributed by atoms with Crippen LogP contribution in [0.15, 0.2) is 46.8 Å². The van der Waals surface area contributed by atoms with Crippen LogP contribution in [0, 0.1) is 5.92 Å². The molecule has 1 aromatic heterocycles. The molecule has 2 aliphatic rings. The number of hydrogen-bond donors (Lipinski definition) is 1. The Hall–Kier alpha value is -1.61. The summed E-state index contributed by atoms with van der Waals surface area (Å²) in [7, 11) is 1.84. The van der Waals surface area contributed by atoms with E-state index in [1.54, 1.807) is 0 Å². The molecule has 168 valence electrons. The predicted octanol–water partition coefficient (Wildman–Crippen LogP) is 4.17. The molecule has 0 spiro atoms. The van der Waals surface area contributed by atoms with E-state index in [9.17, 15) is 4.79 Å². The van der Waals surface area contributed by atoms with Gasteiger partial charge in [0.2, 0.25) is 5.91 Å². The first-order valence-corrected chi connectivity index (χ1v) is 11.9. The number of nitrogens with one attached hydrogen (secondary N) is 1. The van der Waals surface area contributed by atoms with Crippen LogP contribution in [0.3, 0.4) is 0 Å². The molecule has 1 aromatic carbocycles. The zero-order valence-corrected chi connectivity index (χ0v) is 21.4. The Balaban J connectivity index is 0.00000272. The van der Waals surface area contributed by atoms with Crippen LogP contribution >= 0.6 is 35.3 Å². The second-order valence-electron chi connectivity index (χ2n) is 8.28. The zero-order chi connectivity index (χ0) is 20.8. The van der Waals surface area contributed by atoms with E-state index in [0.717, 1.165) is 50.9 Å². The van der Waals surface area contributed by atoms with Gasteiger partial charge in [-0.05, 0) is 54.2 Å². The fourth-order valence-corrected chi connectivity index (χ4v) is 5.42. The first kappa shape index (κ1) is 24.0. The van der Waals surface area contributed by atoms with Crippen LogP contribution in [0.25, 0.3) is 0 Å². The SMILES string of the molecule is CN=C(NCCC(=O)N1CCc2sccc2C1)N1CCC(Cc2ccccc2)CC1.I. The van der Waals surface area contributed by atoms with Gasteiger partial charge in [0.25, 0.3) is 0 Å². The lowest BCUT2D eigenvalue weighted by Gasteiger charge is -2.34. The molecule has 5 nitrogen and oxygen atoms in total. The van der Waals surface area contributed by atoms with E-state index in [-0.39, 0.29) is 29.9 Å². The molecule has 0 bridgehead atoms. The lowest BCUT2D eigenvalue weighted by atomic mass is 9.90. The highest BCUT2D eigenvalue weighted by atomic mass is 127. The third kappa shape index (κ3) is 6.44. The van der Waals surface area contributed by atoms with Crippen molar-refractivity contribution in [3.8, 4) is 0 Å². The number of piperidine rings is 1. The highest BCUT2D eigenvalue weighted by Gasteiger charge is 2.23. The quantitative estimate of drug-likeness (QED) is 0.344. The number of benzene rings is 1. The van der Waals surface area contributed by atoms with Crippen LogP contribution in [-0.4, -0.2) is 54.9 Å². The van der Waals surface area contributed by atoms with Gasteiger partial charge < -0.3 is 15.1 Å². The molecule has 2 aliphatic heterocycles. The fourth-order valence-electron chi connectivity index (χ4n) is 4.53. The minimum absolute atomic E-state index is 0. The number of guanidine groups is 1. The summed E-state index contributed by atoms with van der Waals surface area (Å²) in [6.07, 6.45) is 5.04. The van der Waals surface area contributed by atoms with Crippen molar-refractivity contribution in [2.45, 2.75) is 38.6 Å². The summed E-state index contributed by atoms with van der Waals surface area (Å²) >= 11 is 1.81. The molecule has 4 rings (SSSR count).